The highest BCUT2D eigenvalue weighted by Crippen LogP contribution is 2.47. The Bertz CT molecular complexity index is 833. The molecule has 0 aromatic carbocycles. The second kappa shape index (κ2) is 6.63. The van der Waals surface area contributed by atoms with Crippen LogP contribution in [0.1, 0.15) is 58.4 Å². The first-order valence-electron chi connectivity index (χ1n) is 9.30. The quantitative estimate of drug-likeness (QED) is 0.823. The zero-order valence-corrected chi connectivity index (χ0v) is 16.3. The molecule has 0 spiro atoms. The minimum absolute atomic E-state index is 0.00976. The summed E-state index contributed by atoms with van der Waals surface area (Å²) in [5.41, 5.74) is 0.109. The fraction of sp³-hybridized carbons (Fsp3) is 0.500. The first-order valence-corrected chi connectivity index (χ1v) is 9.30. The number of allylic oxidation sites excluding steroid dienone is 4. The second-order valence-corrected chi connectivity index (χ2v) is 9.24. The zero-order chi connectivity index (χ0) is 20.0. The molecule has 3 rings (SSSR count). The van der Waals surface area contributed by atoms with E-state index in [0.29, 0.717) is 18.4 Å². The molecule has 0 radical (unpaired) electrons. The number of hydrogen-bond acceptors (Lipinski definition) is 5. The Kier molecular flexibility index (Phi) is 4.74. The number of ketones is 2. The van der Waals surface area contributed by atoms with Crippen molar-refractivity contribution in [3.63, 3.8) is 0 Å². The van der Waals surface area contributed by atoms with Crippen molar-refractivity contribution >= 4 is 11.6 Å². The highest BCUT2D eigenvalue weighted by molar-refractivity contribution is 6.00. The van der Waals surface area contributed by atoms with Crippen molar-refractivity contribution in [2.24, 2.45) is 16.7 Å². The van der Waals surface area contributed by atoms with Gasteiger partial charge < -0.3 is 10.2 Å². The van der Waals surface area contributed by atoms with Crippen LogP contribution in [0.15, 0.2) is 47.7 Å². The van der Waals surface area contributed by atoms with Crippen LogP contribution in [0.5, 0.6) is 0 Å². The molecule has 1 aromatic heterocycles. The van der Waals surface area contributed by atoms with Crippen LogP contribution in [0, 0.1) is 16.7 Å². The molecular weight excluding hydrogens is 342 g/mol. The Morgan fingerprint density at radius 2 is 1.81 bits per heavy atom. The minimum Gasteiger partial charge on any atom is -0.512 e. The molecule has 5 nitrogen and oxygen atoms in total. The number of aliphatic hydroxyl groups is 2. The summed E-state index contributed by atoms with van der Waals surface area (Å²) in [6.45, 7) is 7.65. The maximum Gasteiger partial charge on any atom is 0.163 e. The average Bonchev–Trinajstić information content (AvgIpc) is 2.50. The van der Waals surface area contributed by atoms with E-state index in [4.69, 9.17) is 0 Å². The van der Waals surface area contributed by atoms with Gasteiger partial charge in [-0.15, -0.1) is 0 Å². The molecule has 144 valence electrons. The predicted molar refractivity (Wildman–Crippen MR) is 102 cm³/mol. The summed E-state index contributed by atoms with van der Waals surface area (Å²) in [5, 5.41) is 21.5. The van der Waals surface area contributed by atoms with Crippen LogP contribution in [0.3, 0.4) is 0 Å². The lowest BCUT2D eigenvalue weighted by Crippen LogP contribution is -2.37. The number of nitrogens with zero attached hydrogens (tertiary/aromatic N) is 1. The van der Waals surface area contributed by atoms with E-state index < -0.39 is 17.3 Å². The monoisotopic (exact) mass is 369 g/mol. The lowest BCUT2D eigenvalue weighted by molar-refractivity contribution is -0.125. The Labute approximate surface area is 159 Å². The maximum atomic E-state index is 13.0. The fourth-order valence-corrected chi connectivity index (χ4v) is 4.36. The summed E-state index contributed by atoms with van der Waals surface area (Å²) < 4.78 is 0. The molecule has 0 saturated carbocycles. The minimum atomic E-state index is -0.885. The number of hydrogen-bond donors (Lipinski definition) is 2. The molecule has 0 saturated heterocycles. The van der Waals surface area contributed by atoms with Gasteiger partial charge in [-0.05, 0) is 28.5 Å². The van der Waals surface area contributed by atoms with Gasteiger partial charge in [0.25, 0.3) is 0 Å². The van der Waals surface area contributed by atoms with Crippen LogP contribution in [0.2, 0.25) is 0 Å². The Morgan fingerprint density at radius 1 is 1.11 bits per heavy atom. The molecule has 0 fully saturated rings. The van der Waals surface area contributed by atoms with E-state index in [0.717, 1.165) is 0 Å². The van der Waals surface area contributed by atoms with Gasteiger partial charge in [-0.1, -0.05) is 33.8 Å². The molecule has 0 bridgehead atoms. The topological polar surface area (TPSA) is 87.5 Å². The SMILES string of the molecule is CC1(C)C=C(O)[C@H]([C@H](C2=C(O)CC(C)(C)CC2=O)c2cccnc2)C(=O)C1. The van der Waals surface area contributed by atoms with Crippen molar-refractivity contribution in [1.82, 2.24) is 4.98 Å². The van der Waals surface area contributed by atoms with Crippen LogP contribution in [-0.2, 0) is 9.59 Å². The smallest absolute Gasteiger partial charge is 0.163 e. The summed E-state index contributed by atoms with van der Waals surface area (Å²) in [5.74, 6) is -1.96. The van der Waals surface area contributed by atoms with E-state index in [1.807, 2.05) is 27.7 Å². The number of pyridine rings is 1. The van der Waals surface area contributed by atoms with E-state index in [9.17, 15) is 19.8 Å². The standard InChI is InChI=1S/C22H27NO4/c1-21(2)8-14(24)19(15(25)9-21)18(13-6-5-7-23-12-13)20-16(26)10-22(3,4)11-17(20)27/h5-8,12,18-19,24,26H,9-11H2,1-4H3/t18-,19+/m1/s1. The molecule has 2 aliphatic rings. The lowest BCUT2D eigenvalue weighted by Gasteiger charge is -2.38. The van der Waals surface area contributed by atoms with Crippen LogP contribution in [-0.4, -0.2) is 26.8 Å². The Morgan fingerprint density at radius 3 is 2.37 bits per heavy atom. The van der Waals surface area contributed by atoms with Gasteiger partial charge in [0.2, 0.25) is 0 Å². The van der Waals surface area contributed by atoms with Gasteiger partial charge in [-0.25, -0.2) is 0 Å². The van der Waals surface area contributed by atoms with E-state index in [1.165, 1.54) is 0 Å². The van der Waals surface area contributed by atoms with Crippen LogP contribution in [0.4, 0.5) is 0 Å². The van der Waals surface area contributed by atoms with Gasteiger partial charge >= 0.3 is 0 Å². The number of aromatic nitrogens is 1. The lowest BCUT2D eigenvalue weighted by atomic mass is 9.65. The molecule has 1 aromatic rings. The highest BCUT2D eigenvalue weighted by Gasteiger charge is 2.46. The van der Waals surface area contributed by atoms with Crippen molar-refractivity contribution < 1.29 is 19.8 Å². The predicted octanol–water partition coefficient (Wildman–Crippen LogP) is 4.42. The summed E-state index contributed by atoms with van der Waals surface area (Å²) >= 11 is 0. The molecular formula is C22H27NO4. The summed E-state index contributed by atoms with van der Waals surface area (Å²) in [4.78, 5) is 30.1. The van der Waals surface area contributed by atoms with E-state index in [2.05, 4.69) is 4.98 Å². The first-order chi connectivity index (χ1) is 12.5. The molecule has 2 aliphatic carbocycles. The number of carbonyl (C=O) groups is 2. The third-order valence-corrected chi connectivity index (χ3v) is 5.42. The van der Waals surface area contributed by atoms with Crippen molar-refractivity contribution in [2.45, 2.75) is 52.9 Å². The molecule has 0 unspecified atom stereocenters. The Balaban J connectivity index is 2.17. The number of carbonyl (C=O) groups excluding carboxylic acids is 2. The Hall–Kier alpha value is -2.43. The molecule has 5 heteroatoms. The van der Waals surface area contributed by atoms with Crippen molar-refractivity contribution in [3.05, 3.63) is 53.3 Å². The van der Waals surface area contributed by atoms with Gasteiger partial charge in [-0.2, -0.15) is 0 Å². The molecule has 27 heavy (non-hydrogen) atoms. The van der Waals surface area contributed by atoms with Gasteiger partial charge in [0.05, 0.1) is 5.92 Å². The molecule has 0 amide bonds. The maximum absolute atomic E-state index is 13.0. The average molecular weight is 369 g/mol. The zero-order valence-electron chi connectivity index (χ0n) is 16.3. The van der Waals surface area contributed by atoms with Crippen molar-refractivity contribution in [3.8, 4) is 0 Å². The number of rotatable bonds is 3. The third-order valence-electron chi connectivity index (χ3n) is 5.42. The molecule has 2 atom stereocenters. The molecule has 1 heterocycles. The van der Waals surface area contributed by atoms with E-state index in [1.54, 1.807) is 30.6 Å². The van der Waals surface area contributed by atoms with Gasteiger partial charge in [0.15, 0.2) is 5.78 Å². The van der Waals surface area contributed by atoms with Gasteiger partial charge in [-0.3, -0.25) is 14.6 Å². The fourth-order valence-electron chi connectivity index (χ4n) is 4.36. The van der Waals surface area contributed by atoms with Crippen LogP contribution >= 0.6 is 0 Å². The second-order valence-electron chi connectivity index (χ2n) is 9.24. The van der Waals surface area contributed by atoms with Crippen LogP contribution in [0.25, 0.3) is 0 Å². The normalized spacial score (nSPS) is 25.9. The van der Waals surface area contributed by atoms with Gasteiger partial charge in [0, 0.05) is 43.1 Å². The first kappa shape index (κ1) is 19.3. The molecule has 0 aliphatic heterocycles. The van der Waals surface area contributed by atoms with Crippen LogP contribution < -0.4 is 0 Å². The summed E-state index contributed by atoms with van der Waals surface area (Å²) in [6, 6.07) is 3.51. The highest BCUT2D eigenvalue weighted by atomic mass is 16.3. The summed E-state index contributed by atoms with van der Waals surface area (Å²) in [6.07, 6.45) is 5.83. The summed E-state index contributed by atoms with van der Waals surface area (Å²) in [7, 11) is 0. The van der Waals surface area contributed by atoms with Gasteiger partial charge in [0.1, 0.15) is 17.3 Å². The molecule has 2 N–H and O–H groups in total. The largest absolute Gasteiger partial charge is 0.512 e. The van der Waals surface area contributed by atoms with Crippen molar-refractivity contribution in [2.75, 3.05) is 0 Å². The van der Waals surface area contributed by atoms with E-state index >= 15 is 0 Å². The number of Topliss-reactive ketones (excluding diaryl/α,β-unsaturated/α-hetero) is 2. The third kappa shape index (κ3) is 3.82. The van der Waals surface area contributed by atoms with Crippen molar-refractivity contribution in [1.29, 1.82) is 0 Å². The number of aliphatic hydroxyl groups excluding tert-OH is 2. The van der Waals surface area contributed by atoms with E-state index in [-0.39, 0.29) is 40.5 Å².